The molecule has 0 bridgehead atoms. The third-order valence-corrected chi connectivity index (χ3v) is 7.20. The number of hydrogen-bond donors (Lipinski definition) is 3. The zero-order valence-corrected chi connectivity index (χ0v) is 21.7. The number of hydrogen-bond acceptors (Lipinski definition) is 7. The van der Waals surface area contributed by atoms with Crippen LogP contribution in [0.1, 0.15) is 42.6 Å². The van der Waals surface area contributed by atoms with Crippen LogP contribution in [0.2, 0.25) is 5.02 Å². The topological polar surface area (TPSA) is 104 Å². The lowest BCUT2D eigenvalue weighted by Crippen LogP contribution is -2.26. The van der Waals surface area contributed by atoms with E-state index in [0.717, 1.165) is 58.6 Å². The first-order chi connectivity index (χ1) is 17.9. The number of aromatic hydroxyl groups is 1. The highest BCUT2D eigenvalue weighted by Crippen LogP contribution is 2.37. The summed E-state index contributed by atoms with van der Waals surface area (Å²) in [6, 6.07) is 13.7. The predicted octanol–water partition coefficient (Wildman–Crippen LogP) is 6.09. The lowest BCUT2D eigenvalue weighted by molar-refractivity contribution is 0.0988. The van der Waals surface area contributed by atoms with Gasteiger partial charge in [0.1, 0.15) is 11.6 Å². The summed E-state index contributed by atoms with van der Waals surface area (Å²) >= 11 is 6.32. The molecule has 0 radical (unpaired) electrons. The summed E-state index contributed by atoms with van der Waals surface area (Å²) in [6.45, 7) is 5.51. The van der Waals surface area contributed by atoms with Crippen LogP contribution in [-0.4, -0.2) is 40.0 Å². The van der Waals surface area contributed by atoms with Gasteiger partial charge in [-0.05, 0) is 65.9 Å². The minimum absolute atomic E-state index is 0.00103. The second kappa shape index (κ2) is 10.4. The van der Waals surface area contributed by atoms with Gasteiger partial charge in [-0.2, -0.15) is 0 Å². The molecule has 5 rings (SSSR count). The fourth-order valence-electron chi connectivity index (χ4n) is 4.79. The summed E-state index contributed by atoms with van der Waals surface area (Å²) < 4.78 is 0. The molecule has 8 heteroatoms. The Morgan fingerprint density at radius 2 is 1.97 bits per heavy atom. The van der Waals surface area contributed by atoms with E-state index >= 15 is 0 Å². The molecule has 1 fully saturated rings. The predicted molar refractivity (Wildman–Crippen MR) is 150 cm³/mol. The van der Waals surface area contributed by atoms with E-state index in [1.54, 1.807) is 18.5 Å². The highest BCUT2D eigenvalue weighted by molar-refractivity contribution is 6.32. The molecular weight excluding hydrogens is 486 g/mol. The molecule has 1 atom stereocenters. The first kappa shape index (κ1) is 25.0. The lowest BCUT2D eigenvalue weighted by Gasteiger charge is -2.18. The first-order valence-electron chi connectivity index (χ1n) is 12.6. The van der Waals surface area contributed by atoms with Crippen molar-refractivity contribution >= 4 is 45.5 Å². The van der Waals surface area contributed by atoms with E-state index in [1.807, 2.05) is 50.2 Å². The maximum absolute atomic E-state index is 12.9. The number of benzene rings is 2. The van der Waals surface area contributed by atoms with Gasteiger partial charge in [-0.25, -0.2) is 4.98 Å². The van der Waals surface area contributed by atoms with E-state index in [2.05, 4.69) is 20.2 Å². The van der Waals surface area contributed by atoms with Crippen molar-refractivity contribution in [1.29, 1.82) is 0 Å². The molecule has 1 unspecified atom stereocenters. The molecule has 1 saturated heterocycles. The summed E-state index contributed by atoms with van der Waals surface area (Å²) in [5.41, 5.74) is 11.4. The Morgan fingerprint density at radius 1 is 1.14 bits per heavy atom. The number of phenolic OH excluding ortho intramolecular Hbond substituents is 1. The molecule has 4 aromatic rings. The van der Waals surface area contributed by atoms with E-state index < -0.39 is 0 Å². The molecular formula is C29H30ClN5O2. The van der Waals surface area contributed by atoms with Crippen LogP contribution < -0.4 is 16.0 Å². The summed E-state index contributed by atoms with van der Waals surface area (Å²) in [5.74, 6) is 1.00. The Bertz CT molecular complexity index is 1470. The number of nitrogens with zero attached hydrogens (tertiary/aromatic N) is 3. The van der Waals surface area contributed by atoms with Crippen molar-refractivity contribution < 1.29 is 9.90 Å². The molecule has 0 spiro atoms. The van der Waals surface area contributed by atoms with Gasteiger partial charge >= 0.3 is 0 Å². The molecule has 2 aromatic carbocycles. The van der Waals surface area contributed by atoms with Crippen LogP contribution in [0.5, 0.6) is 5.75 Å². The highest BCUT2D eigenvalue weighted by atomic mass is 35.5. The van der Waals surface area contributed by atoms with Crippen LogP contribution in [-0.2, 0) is 6.42 Å². The van der Waals surface area contributed by atoms with E-state index in [9.17, 15) is 9.90 Å². The number of rotatable bonds is 7. The number of aromatic nitrogens is 2. The Labute approximate surface area is 221 Å². The van der Waals surface area contributed by atoms with Gasteiger partial charge in [-0.15, -0.1) is 0 Å². The molecule has 1 aliphatic rings. The van der Waals surface area contributed by atoms with E-state index in [-0.39, 0.29) is 17.6 Å². The summed E-state index contributed by atoms with van der Waals surface area (Å²) in [4.78, 5) is 24.3. The van der Waals surface area contributed by atoms with Crippen LogP contribution in [0.3, 0.4) is 0 Å². The number of nitrogens with two attached hydrogens (primary N) is 1. The maximum atomic E-state index is 12.9. The Morgan fingerprint density at radius 3 is 2.65 bits per heavy atom. The van der Waals surface area contributed by atoms with E-state index in [1.165, 1.54) is 0 Å². The van der Waals surface area contributed by atoms with Crippen LogP contribution in [0.25, 0.3) is 22.0 Å². The van der Waals surface area contributed by atoms with Crippen molar-refractivity contribution in [2.75, 3.05) is 23.3 Å². The smallest absolute Gasteiger partial charge is 0.166 e. The Balaban J connectivity index is 1.58. The zero-order chi connectivity index (χ0) is 26.1. The number of fused-ring (bicyclic) bond motifs is 1. The quantitative estimate of drug-likeness (QED) is 0.256. The third kappa shape index (κ3) is 4.97. The van der Waals surface area contributed by atoms with Gasteiger partial charge in [0.15, 0.2) is 5.78 Å². The largest absolute Gasteiger partial charge is 0.506 e. The average Bonchev–Trinajstić information content (AvgIpc) is 3.36. The third-order valence-electron chi connectivity index (χ3n) is 6.91. The van der Waals surface area contributed by atoms with Crippen molar-refractivity contribution in [3.8, 4) is 16.9 Å². The van der Waals surface area contributed by atoms with Gasteiger partial charge in [0.25, 0.3) is 0 Å². The van der Waals surface area contributed by atoms with Gasteiger partial charge in [-0.3, -0.25) is 9.78 Å². The minimum atomic E-state index is -0.00103. The van der Waals surface area contributed by atoms with Crippen LogP contribution >= 0.6 is 11.6 Å². The molecule has 7 nitrogen and oxygen atoms in total. The summed E-state index contributed by atoms with van der Waals surface area (Å²) in [7, 11) is 0. The Hall–Kier alpha value is -3.68. The van der Waals surface area contributed by atoms with Crippen molar-refractivity contribution in [3.05, 3.63) is 71.0 Å². The number of pyridine rings is 2. The SMILES string of the molecule is CCC(=O)c1cnc2ccc(-c3cc(Cl)c(O)c(CC)c3)cc2c1Nc1ccc(N2CCC(N)C2)nc1. The number of halogens is 1. The van der Waals surface area contributed by atoms with Crippen LogP contribution in [0, 0.1) is 0 Å². The van der Waals surface area contributed by atoms with E-state index in [4.69, 9.17) is 17.3 Å². The fraction of sp³-hybridized carbons (Fsp3) is 0.276. The van der Waals surface area contributed by atoms with Crippen molar-refractivity contribution in [2.24, 2.45) is 5.73 Å². The first-order valence-corrected chi connectivity index (χ1v) is 13.0. The summed E-state index contributed by atoms with van der Waals surface area (Å²) in [6.07, 6.45) is 5.39. The zero-order valence-electron chi connectivity index (χ0n) is 21.0. The monoisotopic (exact) mass is 515 g/mol. The molecule has 0 saturated carbocycles. The lowest BCUT2D eigenvalue weighted by atomic mass is 9.97. The van der Waals surface area contributed by atoms with Gasteiger partial charge in [-0.1, -0.05) is 31.5 Å². The average molecular weight is 516 g/mol. The highest BCUT2D eigenvalue weighted by Gasteiger charge is 2.21. The normalized spacial score (nSPS) is 15.4. The fourth-order valence-corrected chi connectivity index (χ4v) is 5.03. The maximum Gasteiger partial charge on any atom is 0.166 e. The molecule has 37 heavy (non-hydrogen) atoms. The molecule has 3 heterocycles. The number of carbonyl (C=O) groups is 1. The standard InChI is InChI=1S/C29H30ClN5O2/c1-3-17-11-19(13-24(30)29(17)37)18-5-7-25-22(12-18)28(23(15-32-25)26(36)4-2)34-21-6-8-27(33-14-21)35-10-9-20(31)16-35/h5-8,11-15,20,37H,3-4,9-10,16,31H2,1-2H3,(H,32,34). The number of carbonyl (C=O) groups excluding carboxylic acids is 1. The van der Waals surface area contributed by atoms with Crippen molar-refractivity contribution in [2.45, 2.75) is 39.2 Å². The molecule has 1 aliphatic heterocycles. The van der Waals surface area contributed by atoms with Gasteiger partial charge in [0, 0.05) is 37.1 Å². The molecule has 4 N–H and O–H groups in total. The number of phenols is 1. The molecule has 2 aromatic heterocycles. The number of Topliss-reactive ketones (excluding diaryl/α,β-unsaturated/α-hetero) is 1. The van der Waals surface area contributed by atoms with Crippen molar-refractivity contribution in [3.63, 3.8) is 0 Å². The van der Waals surface area contributed by atoms with Gasteiger partial charge < -0.3 is 21.1 Å². The number of aryl methyl sites for hydroxylation is 1. The second-order valence-electron chi connectivity index (χ2n) is 9.40. The number of anilines is 3. The van der Waals surface area contributed by atoms with Crippen molar-refractivity contribution in [1.82, 2.24) is 9.97 Å². The summed E-state index contributed by atoms with van der Waals surface area (Å²) in [5, 5.41) is 14.8. The molecule has 0 amide bonds. The minimum Gasteiger partial charge on any atom is -0.506 e. The van der Waals surface area contributed by atoms with Crippen LogP contribution in [0.15, 0.2) is 54.9 Å². The second-order valence-corrected chi connectivity index (χ2v) is 9.81. The van der Waals surface area contributed by atoms with Gasteiger partial charge in [0.2, 0.25) is 0 Å². The molecule has 190 valence electrons. The molecule has 0 aliphatic carbocycles. The number of nitrogens with one attached hydrogen (secondary N) is 1. The van der Waals surface area contributed by atoms with E-state index in [0.29, 0.717) is 29.1 Å². The van der Waals surface area contributed by atoms with Crippen LogP contribution in [0.4, 0.5) is 17.2 Å². The van der Waals surface area contributed by atoms with Gasteiger partial charge in [0.05, 0.1) is 33.7 Å². The number of ketones is 1. The Kier molecular flexibility index (Phi) is 7.00.